The highest BCUT2D eigenvalue weighted by Crippen LogP contribution is 2.43. The molecule has 0 spiro atoms. The van der Waals surface area contributed by atoms with Crippen LogP contribution in [0.15, 0.2) is 48.7 Å². The van der Waals surface area contributed by atoms with Crippen LogP contribution in [-0.4, -0.2) is 42.7 Å². The van der Waals surface area contributed by atoms with Gasteiger partial charge in [-0.05, 0) is 59.7 Å². The van der Waals surface area contributed by atoms with Gasteiger partial charge in [-0.25, -0.2) is 0 Å². The highest BCUT2D eigenvalue weighted by Gasteiger charge is 2.42. The summed E-state index contributed by atoms with van der Waals surface area (Å²) in [6.45, 7) is 0. The number of ether oxygens (including phenoxy) is 6. The van der Waals surface area contributed by atoms with E-state index in [4.69, 9.17) is 28.4 Å². The van der Waals surface area contributed by atoms with E-state index in [1.165, 1.54) is 21.6 Å². The molecule has 2 aliphatic rings. The molecule has 3 aromatic carbocycles. The second-order valence-electron chi connectivity index (χ2n) is 8.88. The molecule has 2 aliphatic heterocycles. The zero-order valence-electron chi connectivity index (χ0n) is 21.5. The summed E-state index contributed by atoms with van der Waals surface area (Å²) < 4.78 is 33.7. The first-order valence-corrected chi connectivity index (χ1v) is 11.8. The van der Waals surface area contributed by atoms with Gasteiger partial charge in [0.15, 0.2) is 34.5 Å². The lowest BCUT2D eigenvalue weighted by molar-refractivity contribution is -0.909. The molecular formula is C29H32NO6+. The maximum atomic E-state index is 5.69. The maximum Gasteiger partial charge on any atom is 0.161 e. The number of nitrogens with one attached hydrogen (secondary N) is 1. The van der Waals surface area contributed by atoms with Gasteiger partial charge in [-0.3, -0.25) is 4.90 Å². The van der Waals surface area contributed by atoms with E-state index in [2.05, 4.69) is 48.7 Å². The Morgan fingerprint density at radius 3 is 1.81 bits per heavy atom. The first kappa shape index (κ1) is 23.9. The first-order valence-electron chi connectivity index (χ1n) is 11.8. The van der Waals surface area contributed by atoms with Crippen molar-refractivity contribution in [3.63, 3.8) is 0 Å². The molecule has 0 aliphatic carbocycles. The van der Waals surface area contributed by atoms with Crippen molar-refractivity contribution in [3.8, 4) is 34.5 Å². The Morgan fingerprint density at radius 2 is 1.17 bits per heavy atom. The van der Waals surface area contributed by atoms with Gasteiger partial charge in [-0.15, -0.1) is 0 Å². The molecule has 2 heterocycles. The summed E-state index contributed by atoms with van der Waals surface area (Å²) >= 11 is 0. The fraction of sp³-hybridized carbons (Fsp3) is 0.310. The summed E-state index contributed by atoms with van der Waals surface area (Å²) in [7, 11) is 10.00. The van der Waals surface area contributed by atoms with Crippen LogP contribution in [0, 0.1) is 0 Å². The molecule has 3 unspecified atom stereocenters. The van der Waals surface area contributed by atoms with E-state index in [9.17, 15) is 0 Å². The van der Waals surface area contributed by atoms with E-state index in [0.717, 1.165) is 34.8 Å². The number of benzene rings is 3. The maximum absolute atomic E-state index is 5.69. The number of fused-ring (bicyclic) bond motifs is 4. The van der Waals surface area contributed by atoms with Crippen molar-refractivity contribution in [2.45, 2.75) is 18.5 Å². The first-order chi connectivity index (χ1) is 17.6. The summed E-state index contributed by atoms with van der Waals surface area (Å²) in [5.41, 5.74) is 5.89. The molecule has 3 atom stereocenters. The van der Waals surface area contributed by atoms with Crippen LogP contribution in [0.4, 0.5) is 0 Å². The number of hydrogen-bond donors (Lipinski definition) is 1. The normalized spacial score (nSPS) is 19.4. The van der Waals surface area contributed by atoms with Crippen molar-refractivity contribution in [2.24, 2.45) is 0 Å². The molecule has 7 nitrogen and oxygen atoms in total. The lowest BCUT2D eigenvalue weighted by Gasteiger charge is -2.41. The van der Waals surface area contributed by atoms with Gasteiger partial charge in [-0.2, -0.15) is 0 Å². The summed E-state index contributed by atoms with van der Waals surface area (Å²) in [5.74, 6) is 4.30. The Hall–Kier alpha value is -3.84. The molecule has 188 valence electrons. The predicted octanol–water partition coefficient (Wildman–Crippen LogP) is 3.99. The van der Waals surface area contributed by atoms with E-state index < -0.39 is 0 Å². The van der Waals surface area contributed by atoms with Crippen LogP contribution in [-0.2, 0) is 6.42 Å². The molecule has 0 saturated heterocycles. The van der Waals surface area contributed by atoms with Crippen molar-refractivity contribution >= 4 is 6.08 Å². The predicted molar refractivity (Wildman–Crippen MR) is 137 cm³/mol. The molecule has 0 fully saturated rings. The largest absolute Gasteiger partial charge is 0.493 e. The van der Waals surface area contributed by atoms with Gasteiger partial charge in [0.25, 0.3) is 0 Å². The Labute approximate surface area is 211 Å². The van der Waals surface area contributed by atoms with Gasteiger partial charge in [0.05, 0.1) is 48.9 Å². The number of quaternary nitrogens is 1. The number of hydrogen-bond acceptors (Lipinski definition) is 6. The SMILES string of the molecule is COc1ccc(C2c3cc(OC)c(OC)cc3CC3c4cc(OC)c(OC)cc4C=C[NH+]32)cc1OC. The van der Waals surface area contributed by atoms with Gasteiger partial charge in [0.2, 0.25) is 0 Å². The average Bonchev–Trinajstić information content (AvgIpc) is 2.93. The van der Waals surface area contributed by atoms with E-state index in [0.29, 0.717) is 17.2 Å². The minimum absolute atomic E-state index is 0.00383. The molecule has 0 bridgehead atoms. The van der Waals surface area contributed by atoms with Gasteiger partial charge in [0, 0.05) is 23.1 Å². The number of rotatable bonds is 7. The molecular weight excluding hydrogens is 458 g/mol. The Morgan fingerprint density at radius 1 is 0.611 bits per heavy atom. The van der Waals surface area contributed by atoms with Crippen molar-refractivity contribution in [3.05, 3.63) is 76.5 Å². The highest BCUT2D eigenvalue weighted by molar-refractivity contribution is 5.63. The summed E-state index contributed by atoms with van der Waals surface area (Å²) in [6, 6.07) is 14.7. The van der Waals surface area contributed by atoms with Crippen LogP contribution < -0.4 is 33.3 Å². The molecule has 7 heteroatoms. The molecule has 5 rings (SSSR count). The van der Waals surface area contributed by atoms with Crippen LogP contribution in [0.5, 0.6) is 34.5 Å². The van der Waals surface area contributed by atoms with Crippen molar-refractivity contribution in [1.82, 2.24) is 0 Å². The smallest absolute Gasteiger partial charge is 0.161 e. The molecule has 0 aromatic heterocycles. The summed E-state index contributed by atoms with van der Waals surface area (Å²) in [5, 5.41) is 0. The van der Waals surface area contributed by atoms with E-state index in [-0.39, 0.29) is 12.1 Å². The second-order valence-corrected chi connectivity index (χ2v) is 8.88. The lowest BCUT2D eigenvalue weighted by Crippen LogP contribution is -3.10. The third-order valence-electron chi connectivity index (χ3n) is 7.28. The zero-order valence-corrected chi connectivity index (χ0v) is 21.5. The highest BCUT2D eigenvalue weighted by atomic mass is 16.5. The van der Waals surface area contributed by atoms with Crippen molar-refractivity contribution in [1.29, 1.82) is 0 Å². The van der Waals surface area contributed by atoms with Gasteiger partial charge < -0.3 is 28.4 Å². The fourth-order valence-electron chi connectivity index (χ4n) is 5.55. The topological polar surface area (TPSA) is 59.8 Å². The van der Waals surface area contributed by atoms with Gasteiger partial charge >= 0.3 is 0 Å². The summed E-state index contributed by atoms with van der Waals surface area (Å²) in [6.07, 6.45) is 5.25. The minimum atomic E-state index is -0.00383. The minimum Gasteiger partial charge on any atom is -0.493 e. The number of methoxy groups -OCH3 is 6. The third-order valence-corrected chi connectivity index (χ3v) is 7.28. The van der Waals surface area contributed by atoms with E-state index in [1.54, 1.807) is 42.7 Å². The third kappa shape index (κ3) is 3.80. The van der Waals surface area contributed by atoms with Gasteiger partial charge in [0.1, 0.15) is 12.1 Å². The standard InChI is InChI=1S/C29H31NO6/c1-31-23-8-7-18(13-24(23)32-2)29-21-16-28(36-6)26(34-4)14-19(21)11-22-20-15-27(35-5)25(33-3)12-17(20)9-10-30(22)29/h7-10,12-16,22,29H,11H2,1-6H3/p+1. The van der Waals surface area contributed by atoms with Crippen LogP contribution in [0.2, 0.25) is 0 Å². The van der Waals surface area contributed by atoms with Crippen molar-refractivity contribution < 1.29 is 33.3 Å². The average molecular weight is 491 g/mol. The van der Waals surface area contributed by atoms with E-state index >= 15 is 0 Å². The van der Waals surface area contributed by atoms with Crippen molar-refractivity contribution in [2.75, 3.05) is 42.7 Å². The molecule has 36 heavy (non-hydrogen) atoms. The monoisotopic (exact) mass is 490 g/mol. The van der Waals surface area contributed by atoms with Gasteiger partial charge in [-0.1, -0.05) is 0 Å². The molecule has 1 N–H and O–H groups in total. The Balaban J connectivity index is 1.72. The van der Waals surface area contributed by atoms with Crippen LogP contribution >= 0.6 is 0 Å². The van der Waals surface area contributed by atoms with Crippen LogP contribution in [0.3, 0.4) is 0 Å². The van der Waals surface area contributed by atoms with Crippen LogP contribution in [0.1, 0.15) is 39.9 Å². The van der Waals surface area contributed by atoms with Crippen LogP contribution in [0.25, 0.3) is 6.08 Å². The Bertz CT molecular complexity index is 1320. The molecule has 0 saturated carbocycles. The Kier molecular flexibility index (Phi) is 6.41. The zero-order chi connectivity index (χ0) is 25.4. The fourth-order valence-corrected chi connectivity index (χ4v) is 5.55. The van der Waals surface area contributed by atoms with E-state index in [1.807, 2.05) is 6.07 Å². The lowest BCUT2D eigenvalue weighted by atomic mass is 9.80. The summed E-state index contributed by atoms with van der Waals surface area (Å²) in [4.78, 5) is 1.31. The molecule has 0 amide bonds. The second kappa shape index (κ2) is 9.66. The quantitative estimate of drug-likeness (QED) is 0.541. The molecule has 0 radical (unpaired) electrons. The molecule has 3 aromatic rings.